The summed E-state index contributed by atoms with van der Waals surface area (Å²) < 4.78 is 0. The number of nitrogens with zero attached hydrogens (tertiary/aromatic N) is 2. The number of aromatic nitrogens is 1. The fourth-order valence-electron chi connectivity index (χ4n) is 2.45. The summed E-state index contributed by atoms with van der Waals surface area (Å²) in [4.78, 5) is 42.0. The number of rotatable bonds is 8. The highest BCUT2D eigenvalue weighted by Gasteiger charge is 2.12. The Labute approximate surface area is 164 Å². The van der Waals surface area contributed by atoms with Crippen LogP contribution in [0.5, 0.6) is 0 Å². The maximum atomic E-state index is 12.5. The van der Waals surface area contributed by atoms with Crippen LogP contribution in [0.15, 0.2) is 42.5 Å². The first-order chi connectivity index (χ1) is 13.3. The summed E-state index contributed by atoms with van der Waals surface area (Å²) in [6, 6.07) is 11.5. The van der Waals surface area contributed by atoms with Crippen LogP contribution in [0.1, 0.15) is 34.3 Å². The van der Waals surface area contributed by atoms with Gasteiger partial charge in [0, 0.05) is 24.8 Å². The Kier molecular flexibility index (Phi) is 7.65. The maximum Gasteiger partial charge on any atom is 0.274 e. The van der Waals surface area contributed by atoms with E-state index in [1.54, 1.807) is 36.4 Å². The van der Waals surface area contributed by atoms with Crippen molar-refractivity contribution in [3.8, 4) is 0 Å². The number of amides is 3. The molecule has 0 saturated carbocycles. The predicted molar refractivity (Wildman–Crippen MR) is 108 cm³/mol. The fraction of sp³-hybridized carbons (Fsp3) is 0.300. The van der Waals surface area contributed by atoms with Gasteiger partial charge >= 0.3 is 0 Å². The molecule has 0 spiro atoms. The quantitative estimate of drug-likeness (QED) is 0.605. The zero-order chi connectivity index (χ0) is 20.5. The Bertz CT molecular complexity index is 851. The summed E-state index contributed by atoms with van der Waals surface area (Å²) in [5.41, 5.74) is 1.40. The van der Waals surface area contributed by atoms with Crippen LogP contribution in [0.2, 0.25) is 0 Å². The largest absolute Gasteiger partial charge is 0.351 e. The molecule has 1 heterocycles. The molecule has 1 aromatic heterocycles. The molecule has 0 aliphatic heterocycles. The summed E-state index contributed by atoms with van der Waals surface area (Å²) in [5.74, 6) is -0.960. The number of hydrogen-bond acceptors (Lipinski definition) is 5. The summed E-state index contributed by atoms with van der Waals surface area (Å²) in [6.07, 6.45) is 0.823. The second-order valence-corrected chi connectivity index (χ2v) is 6.54. The molecule has 148 valence electrons. The molecular formula is C20H25N5O3. The van der Waals surface area contributed by atoms with E-state index in [1.807, 2.05) is 19.0 Å². The van der Waals surface area contributed by atoms with Crippen molar-refractivity contribution in [3.63, 3.8) is 0 Å². The molecule has 0 aliphatic carbocycles. The summed E-state index contributed by atoms with van der Waals surface area (Å²) in [5, 5.41) is 8.16. The molecule has 3 amide bonds. The molecule has 28 heavy (non-hydrogen) atoms. The molecule has 0 radical (unpaired) electrons. The van der Waals surface area contributed by atoms with Gasteiger partial charge in [0.1, 0.15) is 11.4 Å². The van der Waals surface area contributed by atoms with Gasteiger partial charge in [-0.2, -0.15) is 0 Å². The molecule has 0 fully saturated rings. The van der Waals surface area contributed by atoms with Gasteiger partial charge in [-0.3, -0.25) is 14.4 Å². The van der Waals surface area contributed by atoms with E-state index < -0.39 is 5.91 Å². The average molecular weight is 383 g/mol. The van der Waals surface area contributed by atoms with Gasteiger partial charge in [-0.1, -0.05) is 12.1 Å². The van der Waals surface area contributed by atoms with Gasteiger partial charge in [-0.05, 0) is 57.4 Å². The first-order valence-corrected chi connectivity index (χ1v) is 8.94. The van der Waals surface area contributed by atoms with Crippen molar-refractivity contribution < 1.29 is 14.4 Å². The van der Waals surface area contributed by atoms with Crippen LogP contribution in [0, 0.1) is 0 Å². The lowest BCUT2D eigenvalue weighted by atomic mass is 10.2. The SMILES string of the molecule is CC(=O)Nc1cccc(NC(=O)c2cccc(C(=O)NCCCN(C)C)n2)c1. The first-order valence-electron chi connectivity index (χ1n) is 8.94. The third kappa shape index (κ3) is 6.81. The zero-order valence-electron chi connectivity index (χ0n) is 16.3. The van der Waals surface area contributed by atoms with Crippen LogP contribution in [-0.2, 0) is 4.79 Å². The highest BCUT2D eigenvalue weighted by molar-refractivity contribution is 6.04. The van der Waals surface area contributed by atoms with Crippen molar-refractivity contribution in [3.05, 3.63) is 53.9 Å². The smallest absolute Gasteiger partial charge is 0.274 e. The van der Waals surface area contributed by atoms with Crippen molar-refractivity contribution in [2.24, 2.45) is 0 Å². The van der Waals surface area contributed by atoms with Gasteiger partial charge < -0.3 is 20.9 Å². The van der Waals surface area contributed by atoms with Crippen molar-refractivity contribution in [1.29, 1.82) is 0 Å². The van der Waals surface area contributed by atoms with E-state index >= 15 is 0 Å². The highest BCUT2D eigenvalue weighted by Crippen LogP contribution is 2.16. The van der Waals surface area contributed by atoms with Crippen LogP contribution in [0.25, 0.3) is 0 Å². The molecule has 3 N–H and O–H groups in total. The number of carbonyl (C=O) groups is 3. The minimum Gasteiger partial charge on any atom is -0.351 e. The van der Waals surface area contributed by atoms with E-state index in [0.29, 0.717) is 17.9 Å². The van der Waals surface area contributed by atoms with Crippen LogP contribution in [0.3, 0.4) is 0 Å². The van der Waals surface area contributed by atoms with E-state index in [-0.39, 0.29) is 23.2 Å². The molecule has 0 bridgehead atoms. The van der Waals surface area contributed by atoms with Gasteiger partial charge in [-0.25, -0.2) is 4.98 Å². The molecule has 0 unspecified atom stereocenters. The first kappa shape index (κ1) is 21.0. The molecule has 0 saturated heterocycles. The average Bonchev–Trinajstić information content (AvgIpc) is 2.64. The Balaban J connectivity index is 2.00. The maximum absolute atomic E-state index is 12.5. The monoisotopic (exact) mass is 383 g/mol. The number of carbonyl (C=O) groups excluding carboxylic acids is 3. The Morgan fingerprint density at radius 2 is 1.54 bits per heavy atom. The van der Waals surface area contributed by atoms with Gasteiger partial charge in [0.2, 0.25) is 5.91 Å². The third-order valence-corrected chi connectivity index (χ3v) is 3.72. The van der Waals surface area contributed by atoms with E-state index in [2.05, 4.69) is 20.9 Å². The second kappa shape index (κ2) is 10.2. The van der Waals surface area contributed by atoms with Crippen molar-refractivity contribution in [2.75, 3.05) is 37.8 Å². The summed E-state index contributed by atoms with van der Waals surface area (Å²) in [7, 11) is 3.94. The van der Waals surface area contributed by atoms with Crippen LogP contribution >= 0.6 is 0 Å². The van der Waals surface area contributed by atoms with Crippen molar-refractivity contribution in [1.82, 2.24) is 15.2 Å². The minimum absolute atomic E-state index is 0.130. The lowest BCUT2D eigenvalue weighted by molar-refractivity contribution is -0.114. The molecule has 8 heteroatoms. The number of anilines is 2. The fourth-order valence-corrected chi connectivity index (χ4v) is 2.45. The van der Waals surface area contributed by atoms with E-state index in [0.717, 1.165) is 13.0 Å². The number of hydrogen-bond donors (Lipinski definition) is 3. The standard InChI is InChI=1S/C20H25N5O3/c1-14(26)22-15-7-4-8-16(13-15)23-20(28)18-10-5-9-17(24-18)19(27)21-11-6-12-25(2)3/h4-5,7-10,13H,6,11-12H2,1-3H3,(H,21,27)(H,22,26)(H,23,28). The molecule has 2 rings (SSSR count). The molecule has 1 aromatic carbocycles. The molecule has 8 nitrogen and oxygen atoms in total. The molecule has 2 aromatic rings. The van der Waals surface area contributed by atoms with Gasteiger partial charge in [0.05, 0.1) is 0 Å². The van der Waals surface area contributed by atoms with Gasteiger partial charge in [0.25, 0.3) is 11.8 Å². The summed E-state index contributed by atoms with van der Waals surface area (Å²) >= 11 is 0. The van der Waals surface area contributed by atoms with Crippen molar-refractivity contribution >= 4 is 29.1 Å². The zero-order valence-corrected chi connectivity index (χ0v) is 16.3. The topological polar surface area (TPSA) is 103 Å². The summed E-state index contributed by atoms with van der Waals surface area (Å²) in [6.45, 7) is 2.81. The van der Waals surface area contributed by atoms with Crippen LogP contribution < -0.4 is 16.0 Å². The van der Waals surface area contributed by atoms with E-state index in [9.17, 15) is 14.4 Å². The van der Waals surface area contributed by atoms with E-state index in [4.69, 9.17) is 0 Å². The van der Waals surface area contributed by atoms with Crippen molar-refractivity contribution in [2.45, 2.75) is 13.3 Å². The van der Waals surface area contributed by atoms with Crippen LogP contribution in [-0.4, -0.2) is 54.8 Å². The molecule has 0 aliphatic rings. The van der Waals surface area contributed by atoms with Gasteiger partial charge in [0.15, 0.2) is 0 Å². The predicted octanol–water partition coefficient (Wildman–Crippen LogP) is 1.97. The normalized spacial score (nSPS) is 10.4. The van der Waals surface area contributed by atoms with Crippen LogP contribution in [0.4, 0.5) is 11.4 Å². The Morgan fingerprint density at radius 1 is 0.929 bits per heavy atom. The second-order valence-electron chi connectivity index (χ2n) is 6.54. The lowest BCUT2D eigenvalue weighted by Crippen LogP contribution is -2.28. The number of benzene rings is 1. The molecule has 0 atom stereocenters. The van der Waals surface area contributed by atoms with Gasteiger partial charge in [-0.15, -0.1) is 0 Å². The third-order valence-electron chi connectivity index (χ3n) is 3.72. The lowest BCUT2D eigenvalue weighted by Gasteiger charge is -2.10. The minimum atomic E-state index is -0.442. The molecular weight excluding hydrogens is 358 g/mol. The number of pyridine rings is 1. The highest BCUT2D eigenvalue weighted by atomic mass is 16.2. The Hall–Kier alpha value is -3.26. The number of nitrogens with one attached hydrogen (secondary N) is 3. The van der Waals surface area contributed by atoms with E-state index in [1.165, 1.54) is 13.0 Å². The Morgan fingerprint density at radius 3 is 2.18 bits per heavy atom.